The molecular formula is C11H12N2O4S. The second-order valence-corrected chi connectivity index (χ2v) is 5.28. The monoisotopic (exact) mass is 268 g/mol. The van der Waals surface area contributed by atoms with Crippen molar-refractivity contribution in [3.8, 4) is 6.07 Å². The lowest BCUT2D eigenvalue weighted by molar-refractivity contribution is 0.0636. The number of anilines is 1. The van der Waals surface area contributed by atoms with Crippen LogP contribution in [0.3, 0.4) is 0 Å². The molecule has 96 valence electrons. The van der Waals surface area contributed by atoms with Crippen LogP contribution >= 0.6 is 11.3 Å². The van der Waals surface area contributed by atoms with Crippen LogP contribution in [0.25, 0.3) is 0 Å². The van der Waals surface area contributed by atoms with Crippen molar-refractivity contribution in [2.75, 3.05) is 5.32 Å². The van der Waals surface area contributed by atoms with E-state index in [2.05, 4.69) is 5.32 Å². The Morgan fingerprint density at radius 1 is 1.50 bits per heavy atom. The van der Waals surface area contributed by atoms with Gasteiger partial charge in [-0.1, -0.05) is 0 Å². The summed E-state index contributed by atoms with van der Waals surface area (Å²) in [6.07, 6.45) is -0.792. The number of aromatic carboxylic acids is 1. The summed E-state index contributed by atoms with van der Waals surface area (Å²) >= 11 is 0.876. The number of rotatable bonds is 2. The van der Waals surface area contributed by atoms with Gasteiger partial charge in [-0.3, -0.25) is 5.32 Å². The Balaban J connectivity index is 2.97. The minimum absolute atomic E-state index is 0.0238. The van der Waals surface area contributed by atoms with Gasteiger partial charge >= 0.3 is 12.1 Å². The van der Waals surface area contributed by atoms with E-state index in [1.807, 2.05) is 6.07 Å². The molecule has 6 nitrogen and oxygen atoms in total. The topological polar surface area (TPSA) is 99.4 Å². The van der Waals surface area contributed by atoms with Crippen molar-refractivity contribution in [1.29, 1.82) is 5.26 Å². The number of thiophene rings is 1. The molecule has 18 heavy (non-hydrogen) atoms. The summed E-state index contributed by atoms with van der Waals surface area (Å²) in [5.74, 6) is -1.20. The molecule has 1 rings (SSSR count). The highest BCUT2D eigenvalue weighted by Crippen LogP contribution is 2.28. The number of carboxylic acids is 1. The van der Waals surface area contributed by atoms with Gasteiger partial charge in [0, 0.05) is 5.38 Å². The number of amides is 1. The maximum Gasteiger partial charge on any atom is 0.412 e. The zero-order chi connectivity index (χ0) is 13.9. The Bertz CT molecular complexity index is 522. The Morgan fingerprint density at radius 3 is 2.56 bits per heavy atom. The molecule has 0 aliphatic rings. The Hall–Kier alpha value is -2.07. The van der Waals surface area contributed by atoms with E-state index in [-0.39, 0.29) is 16.1 Å². The third-order valence-electron chi connectivity index (χ3n) is 1.73. The van der Waals surface area contributed by atoms with Crippen molar-refractivity contribution in [2.45, 2.75) is 26.4 Å². The molecule has 2 N–H and O–H groups in total. The summed E-state index contributed by atoms with van der Waals surface area (Å²) in [4.78, 5) is 22.4. The number of nitrogens with one attached hydrogen (secondary N) is 1. The van der Waals surface area contributed by atoms with Crippen molar-refractivity contribution in [1.82, 2.24) is 0 Å². The molecule has 1 aromatic heterocycles. The zero-order valence-electron chi connectivity index (χ0n) is 10.1. The second-order valence-electron chi connectivity index (χ2n) is 4.40. The Morgan fingerprint density at radius 2 is 2.11 bits per heavy atom. The van der Waals surface area contributed by atoms with Crippen LogP contribution < -0.4 is 5.32 Å². The lowest BCUT2D eigenvalue weighted by Gasteiger charge is -2.19. The quantitative estimate of drug-likeness (QED) is 0.858. The predicted molar refractivity (Wildman–Crippen MR) is 65.9 cm³/mol. The lowest BCUT2D eigenvalue weighted by Crippen LogP contribution is -2.27. The van der Waals surface area contributed by atoms with Gasteiger partial charge in [0.05, 0.1) is 11.3 Å². The first-order valence-corrected chi connectivity index (χ1v) is 5.87. The van der Waals surface area contributed by atoms with Crippen LogP contribution in [0.5, 0.6) is 0 Å². The van der Waals surface area contributed by atoms with E-state index in [4.69, 9.17) is 15.1 Å². The zero-order valence-corrected chi connectivity index (χ0v) is 10.9. The number of nitriles is 1. The molecule has 0 atom stereocenters. The van der Waals surface area contributed by atoms with Crippen LogP contribution in [-0.2, 0) is 4.74 Å². The van der Waals surface area contributed by atoms with Crippen LogP contribution in [-0.4, -0.2) is 22.8 Å². The maximum atomic E-state index is 11.5. The number of ether oxygens (including phenoxy) is 1. The number of carbonyl (C=O) groups excluding carboxylic acids is 1. The molecule has 0 bridgehead atoms. The van der Waals surface area contributed by atoms with Crippen molar-refractivity contribution in [3.63, 3.8) is 0 Å². The highest BCUT2D eigenvalue weighted by molar-refractivity contribution is 7.12. The molecule has 1 heterocycles. The SMILES string of the molecule is CC(C)(C)OC(=O)Nc1c(C#N)csc1C(=O)O. The number of nitrogens with zero attached hydrogens (tertiary/aromatic N) is 1. The van der Waals surface area contributed by atoms with Gasteiger partial charge in [0.15, 0.2) is 0 Å². The number of hydrogen-bond acceptors (Lipinski definition) is 5. The minimum Gasteiger partial charge on any atom is -0.477 e. The Kier molecular flexibility index (Phi) is 3.93. The fraction of sp³-hybridized carbons (Fsp3) is 0.364. The third kappa shape index (κ3) is 3.46. The third-order valence-corrected chi connectivity index (χ3v) is 2.70. The van der Waals surface area contributed by atoms with Crippen LogP contribution in [0.1, 0.15) is 36.0 Å². The molecule has 0 aliphatic carbocycles. The largest absolute Gasteiger partial charge is 0.477 e. The summed E-state index contributed by atoms with van der Waals surface area (Å²) in [6.45, 7) is 5.05. The van der Waals surface area contributed by atoms with Crippen LogP contribution in [0.4, 0.5) is 10.5 Å². The summed E-state index contributed by atoms with van der Waals surface area (Å²) < 4.78 is 5.00. The fourth-order valence-corrected chi connectivity index (χ4v) is 1.91. The molecule has 0 radical (unpaired) electrons. The van der Waals surface area contributed by atoms with Crippen molar-refractivity contribution >= 4 is 29.1 Å². The van der Waals surface area contributed by atoms with Gasteiger partial charge < -0.3 is 9.84 Å². The molecule has 1 amide bonds. The molecule has 0 aliphatic heterocycles. The van der Waals surface area contributed by atoms with Gasteiger partial charge in [-0.25, -0.2) is 9.59 Å². The van der Waals surface area contributed by atoms with Crippen molar-refractivity contribution in [2.24, 2.45) is 0 Å². The first-order valence-electron chi connectivity index (χ1n) is 4.99. The summed E-state index contributed by atoms with van der Waals surface area (Å²) in [5, 5.41) is 21.4. The van der Waals surface area contributed by atoms with E-state index >= 15 is 0 Å². The summed E-state index contributed by atoms with van der Waals surface area (Å²) in [7, 11) is 0. The van der Waals surface area contributed by atoms with Gasteiger partial charge in [0.25, 0.3) is 0 Å². The molecule has 0 saturated heterocycles. The normalized spacial score (nSPS) is 10.6. The standard InChI is InChI=1S/C11H12N2O4S/c1-11(2,3)17-10(16)13-7-6(4-12)5-18-8(7)9(14)15/h5H,1-3H3,(H,13,16)(H,14,15). The summed E-state index contributed by atoms with van der Waals surface area (Å²) in [6, 6.07) is 1.82. The van der Waals surface area contributed by atoms with Crippen LogP contribution in [0.15, 0.2) is 5.38 Å². The van der Waals surface area contributed by atoms with Gasteiger partial charge in [0.1, 0.15) is 16.5 Å². The first kappa shape index (κ1) is 14.0. The molecule has 0 saturated carbocycles. The van der Waals surface area contributed by atoms with Crippen molar-refractivity contribution < 1.29 is 19.4 Å². The van der Waals surface area contributed by atoms with Gasteiger partial charge in [-0.15, -0.1) is 11.3 Å². The number of carbonyl (C=O) groups is 2. The van der Waals surface area contributed by atoms with Crippen LogP contribution in [0, 0.1) is 11.3 Å². The van der Waals surface area contributed by atoms with Crippen molar-refractivity contribution in [3.05, 3.63) is 15.8 Å². The van der Waals surface area contributed by atoms with Gasteiger partial charge in [-0.05, 0) is 20.8 Å². The first-order chi connectivity index (χ1) is 8.24. The summed E-state index contributed by atoms with van der Waals surface area (Å²) in [5.41, 5.74) is -0.622. The average Bonchev–Trinajstić information content (AvgIpc) is 2.57. The van der Waals surface area contributed by atoms with E-state index in [0.717, 1.165) is 11.3 Å². The minimum atomic E-state index is -1.20. The maximum absolute atomic E-state index is 11.5. The molecule has 1 aromatic rings. The van der Waals surface area contributed by atoms with Gasteiger partial charge in [-0.2, -0.15) is 5.26 Å². The molecule has 0 aromatic carbocycles. The van der Waals surface area contributed by atoms with Crippen LogP contribution in [0.2, 0.25) is 0 Å². The average molecular weight is 268 g/mol. The molecule has 0 spiro atoms. The van der Waals surface area contributed by atoms with Gasteiger partial charge in [0.2, 0.25) is 0 Å². The van der Waals surface area contributed by atoms with E-state index in [0.29, 0.717) is 0 Å². The van der Waals surface area contributed by atoms with E-state index in [1.165, 1.54) is 5.38 Å². The smallest absolute Gasteiger partial charge is 0.412 e. The second kappa shape index (κ2) is 5.06. The highest BCUT2D eigenvalue weighted by Gasteiger charge is 2.22. The Labute approximate surface area is 108 Å². The molecule has 7 heteroatoms. The molecule has 0 unspecified atom stereocenters. The number of carboxylic acid groups (broad SMARTS) is 1. The lowest BCUT2D eigenvalue weighted by atomic mass is 10.2. The molecule has 0 fully saturated rings. The van der Waals surface area contributed by atoms with E-state index in [9.17, 15) is 9.59 Å². The van der Waals surface area contributed by atoms with E-state index < -0.39 is 17.7 Å². The van der Waals surface area contributed by atoms with E-state index in [1.54, 1.807) is 20.8 Å². The highest BCUT2D eigenvalue weighted by atomic mass is 32.1. The predicted octanol–water partition coefficient (Wildman–Crippen LogP) is 2.66. The molecular weight excluding hydrogens is 256 g/mol. The fourth-order valence-electron chi connectivity index (χ4n) is 1.13. The number of hydrogen-bond donors (Lipinski definition) is 2.